The summed E-state index contributed by atoms with van der Waals surface area (Å²) >= 11 is 0. The first-order valence-electron chi connectivity index (χ1n) is 5.77. The van der Waals surface area contributed by atoms with Crippen LogP contribution in [0, 0.1) is 5.82 Å². The van der Waals surface area contributed by atoms with Crippen molar-refractivity contribution in [3.63, 3.8) is 0 Å². The van der Waals surface area contributed by atoms with Gasteiger partial charge in [-0.15, -0.1) is 0 Å². The average Bonchev–Trinajstić information content (AvgIpc) is 2.76. The Balaban J connectivity index is 2.34. The number of ether oxygens (including phenoxy) is 1. The van der Waals surface area contributed by atoms with Crippen molar-refractivity contribution in [1.29, 1.82) is 0 Å². The molecule has 2 unspecified atom stereocenters. The molecule has 1 aliphatic heterocycles. The van der Waals surface area contributed by atoms with E-state index in [9.17, 15) is 9.18 Å². The molecule has 0 saturated carbocycles. The van der Waals surface area contributed by atoms with Crippen molar-refractivity contribution in [2.45, 2.75) is 31.8 Å². The predicted molar refractivity (Wildman–Crippen MR) is 60.7 cm³/mol. The van der Waals surface area contributed by atoms with Gasteiger partial charge in [0, 0.05) is 12.5 Å². The smallest absolute Gasteiger partial charge is 0.335 e. The molecule has 0 bridgehead atoms. The highest BCUT2D eigenvalue weighted by Crippen LogP contribution is 2.33. The second-order valence-electron chi connectivity index (χ2n) is 4.29. The maximum Gasteiger partial charge on any atom is 0.335 e. The van der Waals surface area contributed by atoms with Gasteiger partial charge < -0.3 is 9.84 Å². The van der Waals surface area contributed by atoms with E-state index in [0.29, 0.717) is 6.61 Å². The fourth-order valence-electron chi connectivity index (χ4n) is 2.38. The van der Waals surface area contributed by atoms with Crippen LogP contribution in [-0.2, 0) is 4.74 Å². The summed E-state index contributed by atoms with van der Waals surface area (Å²) in [5.74, 6) is -1.49. The Morgan fingerprint density at radius 1 is 1.53 bits per heavy atom. The summed E-state index contributed by atoms with van der Waals surface area (Å²) in [5.41, 5.74) is 0.730. The molecule has 0 radical (unpaired) electrons. The molecular formula is C13H15FO3. The topological polar surface area (TPSA) is 46.5 Å². The summed E-state index contributed by atoms with van der Waals surface area (Å²) in [6, 6.07) is 4.00. The quantitative estimate of drug-likeness (QED) is 0.880. The SMILES string of the molecule is CCC1OCCC1c1cc(F)cc(C(=O)O)c1. The molecule has 1 fully saturated rings. The van der Waals surface area contributed by atoms with Gasteiger partial charge in [-0.2, -0.15) is 0 Å². The van der Waals surface area contributed by atoms with Crippen LogP contribution < -0.4 is 0 Å². The molecule has 1 aromatic rings. The highest BCUT2D eigenvalue weighted by Gasteiger charge is 2.29. The first-order valence-corrected chi connectivity index (χ1v) is 5.77. The van der Waals surface area contributed by atoms with Gasteiger partial charge in [0.2, 0.25) is 0 Å². The van der Waals surface area contributed by atoms with Crippen LogP contribution in [0.4, 0.5) is 4.39 Å². The molecule has 2 atom stereocenters. The molecule has 4 heteroatoms. The Labute approximate surface area is 99.2 Å². The monoisotopic (exact) mass is 238 g/mol. The molecule has 0 spiro atoms. The highest BCUT2D eigenvalue weighted by molar-refractivity contribution is 5.87. The van der Waals surface area contributed by atoms with Gasteiger partial charge in [-0.3, -0.25) is 0 Å². The molecule has 0 amide bonds. The van der Waals surface area contributed by atoms with E-state index in [1.165, 1.54) is 6.07 Å². The van der Waals surface area contributed by atoms with Crippen molar-refractivity contribution < 1.29 is 19.0 Å². The Bertz CT molecular complexity index is 431. The normalized spacial score (nSPS) is 23.9. The summed E-state index contributed by atoms with van der Waals surface area (Å²) in [7, 11) is 0. The Morgan fingerprint density at radius 2 is 2.29 bits per heavy atom. The summed E-state index contributed by atoms with van der Waals surface area (Å²) in [5, 5.41) is 8.90. The molecule has 1 aromatic carbocycles. The molecule has 1 heterocycles. The fourth-order valence-corrected chi connectivity index (χ4v) is 2.38. The van der Waals surface area contributed by atoms with Crippen molar-refractivity contribution in [2.24, 2.45) is 0 Å². The molecule has 3 nitrogen and oxygen atoms in total. The van der Waals surface area contributed by atoms with Gasteiger partial charge in [-0.25, -0.2) is 9.18 Å². The number of hydrogen-bond donors (Lipinski definition) is 1. The minimum absolute atomic E-state index is 0.00162. The third-order valence-electron chi connectivity index (χ3n) is 3.21. The van der Waals surface area contributed by atoms with Gasteiger partial charge in [0.1, 0.15) is 5.82 Å². The summed E-state index contributed by atoms with van der Waals surface area (Å²) in [6.45, 7) is 2.67. The number of aromatic carboxylic acids is 1. The molecule has 17 heavy (non-hydrogen) atoms. The Kier molecular flexibility index (Phi) is 3.43. The zero-order chi connectivity index (χ0) is 12.4. The molecule has 92 valence electrons. The number of rotatable bonds is 3. The first kappa shape index (κ1) is 12.0. The average molecular weight is 238 g/mol. The van der Waals surface area contributed by atoms with E-state index < -0.39 is 11.8 Å². The predicted octanol–water partition coefficient (Wildman–Crippen LogP) is 2.81. The lowest BCUT2D eigenvalue weighted by molar-refractivity contribution is 0.0695. The third-order valence-corrected chi connectivity index (χ3v) is 3.21. The second kappa shape index (κ2) is 4.84. The largest absolute Gasteiger partial charge is 0.478 e. The van der Waals surface area contributed by atoms with Crippen LogP contribution >= 0.6 is 0 Å². The Hall–Kier alpha value is -1.42. The minimum Gasteiger partial charge on any atom is -0.478 e. The summed E-state index contributed by atoms with van der Waals surface area (Å²) in [6.07, 6.45) is 1.74. The van der Waals surface area contributed by atoms with E-state index in [1.807, 2.05) is 6.92 Å². The van der Waals surface area contributed by atoms with Crippen LogP contribution in [0.5, 0.6) is 0 Å². The minimum atomic E-state index is -1.10. The third kappa shape index (κ3) is 2.47. The van der Waals surface area contributed by atoms with Crippen LogP contribution in [0.3, 0.4) is 0 Å². The van der Waals surface area contributed by atoms with Gasteiger partial charge in [0.25, 0.3) is 0 Å². The van der Waals surface area contributed by atoms with Crippen LogP contribution in [0.1, 0.15) is 41.6 Å². The highest BCUT2D eigenvalue weighted by atomic mass is 19.1. The van der Waals surface area contributed by atoms with Crippen LogP contribution in [0.2, 0.25) is 0 Å². The van der Waals surface area contributed by atoms with E-state index in [0.717, 1.165) is 24.5 Å². The molecule has 2 rings (SSSR count). The van der Waals surface area contributed by atoms with Crippen LogP contribution in [-0.4, -0.2) is 23.8 Å². The number of carbonyl (C=O) groups is 1. The van der Waals surface area contributed by atoms with Crippen molar-refractivity contribution in [2.75, 3.05) is 6.61 Å². The molecule has 1 saturated heterocycles. The maximum absolute atomic E-state index is 13.4. The number of halogens is 1. The first-order chi connectivity index (χ1) is 8.11. The van der Waals surface area contributed by atoms with Gasteiger partial charge >= 0.3 is 5.97 Å². The number of benzene rings is 1. The summed E-state index contributed by atoms with van der Waals surface area (Å²) in [4.78, 5) is 10.9. The number of carboxylic acids is 1. The van der Waals surface area contributed by atoms with Crippen molar-refractivity contribution in [1.82, 2.24) is 0 Å². The van der Waals surface area contributed by atoms with Gasteiger partial charge in [-0.05, 0) is 36.6 Å². The van der Waals surface area contributed by atoms with E-state index in [1.54, 1.807) is 6.07 Å². The van der Waals surface area contributed by atoms with E-state index in [2.05, 4.69) is 0 Å². The standard InChI is InChI=1S/C13H15FO3/c1-2-12-11(3-4-17-12)8-5-9(13(15)16)7-10(14)6-8/h5-7,11-12H,2-4H2,1H3,(H,15,16). The molecule has 0 aliphatic carbocycles. The fraction of sp³-hybridized carbons (Fsp3) is 0.462. The van der Waals surface area contributed by atoms with Crippen molar-refractivity contribution in [3.05, 3.63) is 35.1 Å². The van der Waals surface area contributed by atoms with E-state index in [-0.39, 0.29) is 17.6 Å². The maximum atomic E-state index is 13.4. The number of carboxylic acid groups (broad SMARTS) is 1. The zero-order valence-electron chi connectivity index (χ0n) is 9.65. The molecule has 0 aromatic heterocycles. The number of hydrogen-bond acceptors (Lipinski definition) is 2. The van der Waals surface area contributed by atoms with Crippen LogP contribution in [0.15, 0.2) is 18.2 Å². The summed E-state index contributed by atoms with van der Waals surface area (Å²) < 4.78 is 18.9. The van der Waals surface area contributed by atoms with Crippen LogP contribution in [0.25, 0.3) is 0 Å². The van der Waals surface area contributed by atoms with E-state index >= 15 is 0 Å². The van der Waals surface area contributed by atoms with Crippen molar-refractivity contribution in [3.8, 4) is 0 Å². The lowest BCUT2D eigenvalue weighted by Gasteiger charge is -2.17. The molecular weight excluding hydrogens is 223 g/mol. The van der Waals surface area contributed by atoms with Gasteiger partial charge in [0.05, 0.1) is 11.7 Å². The Morgan fingerprint density at radius 3 is 2.94 bits per heavy atom. The molecule has 1 aliphatic rings. The lowest BCUT2D eigenvalue weighted by atomic mass is 9.90. The van der Waals surface area contributed by atoms with E-state index in [4.69, 9.17) is 9.84 Å². The second-order valence-corrected chi connectivity index (χ2v) is 4.29. The van der Waals surface area contributed by atoms with Crippen molar-refractivity contribution >= 4 is 5.97 Å². The molecule has 1 N–H and O–H groups in total. The zero-order valence-corrected chi connectivity index (χ0v) is 9.65. The lowest BCUT2D eigenvalue weighted by Crippen LogP contribution is -2.13. The van der Waals surface area contributed by atoms with Gasteiger partial charge in [0.15, 0.2) is 0 Å². The van der Waals surface area contributed by atoms with Gasteiger partial charge in [-0.1, -0.05) is 6.92 Å².